The van der Waals surface area contributed by atoms with Gasteiger partial charge < -0.3 is 13.9 Å². The Kier molecular flexibility index (Phi) is 4.64. The molecular formula is C11H16N4O5. The Morgan fingerprint density at radius 3 is 2.95 bits per heavy atom. The van der Waals surface area contributed by atoms with Crippen molar-refractivity contribution < 1.29 is 23.5 Å². The second-order valence-corrected chi connectivity index (χ2v) is 4.26. The molecule has 9 heteroatoms. The van der Waals surface area contributed by atoms with Crippen molar-refractivity contribution in [1.82, 2.24) is 15.1 Å². The standard InChI is InChI=1S/C11H16N4O5/c1-7-13-14-11(20-7)12-9(16)5-15-3-4-19-6-8(15)10(17)18-2/h8H,3-6H2,1-2H3,(H,12,14,16). The minimum atomic E-state index is -0.580. The molecule has 1 atom stereocenters. The largest absolute Gasteiger partial charge is 0.468 e. The molecular weight excluding hydrogens is 268 g/mol. The Balaban J connectivity index is 1.92. The molecule has 0 spiro atoms. The molecule has 0 radical (unpaired) electrons. The lowest BCUT2D eigenvalue weighted by Gasteiger charge is -2.32. The molecule has 1 unspecified atom stereocenters. The number of hydrogen-bond acceptors (Lipinski definition) is 8. The third kappa shape index (κ3) is 3.52. The second-order valence-electron chi connectivity index (χ2n) is 4.26. The van der Waals surface area contributed by atoms with Crippen LogP contribution in [0.3, 0.4) is 0 Å². The summed E-state index contributed by atoms with van der Waals surface area (Å²) in [6, 6.07) is -0.542. The van der Waals surface area contributed by atoms with Crippen molar-refractivity contribution in [3.05, 3.63) is 5.89 Å². The third-order valence-corrected chi connectivity index (χ3v) is 2.83. The van der Waals surface area contributed by atoms with Gasteiger partial charge in [0.2, 0.25) is 11.8 Å². The maximum absolute atomic E-state index is 11.9. The Morgan fingerprint density at radius 2 is 2.30 bits per heavy atom. The number of carbonyl (C=O) groups excluding carboxylic acids is 2. The summed E-state index contributed by atoms with van der Waals surface area (Å²) in [6.07, 6.45) is 0. The predicted molar refractivity (Wildman–Crippen MR) is 65.9 cm³/mol. The quantitative estimate of drug-likeness (QED) is 0.715. The molecule has 1 aliphatic heterocycles. The number of hydrogen-bond donors (Lipinski definition) is 1. The molecule has 0 bridgehead atoms. The van der Waals surface area contributed by atoms with Crippen molar-refractivity contribution in [2.24, 2.45) is 0 Å². The predicted octanol–water partition coefficient (Wildman–Crippen LogP) is -0.810. The van der Waals surface area contributed by atoms with E-state index in [1.807, 2.05) is 0 Å². The van der Waals surface area contributed by atoms with Crippen molar-refractivity contribution in [1.29, 1.82) is 0 Å². The average molecular weight is 284 g/mol. The maximum Gasteiger partial charge on any atom is 0.325 e. The fourth-order valence-corrected chi connectivity index (χ4v) is 1.87. The highest BCUT2D eigenvalue weighted by Crippen LogP contribution is 2.09. The van der Waals surface area contributed by atoms with Crippen molar-refractivity contribution >= 4 is 17.9 Å². The zero-order valence-corrected chi connectivity index (χ0v) is 11.3. The van der Waals surface area contributed by atoms with E-state index in [0.29, 0.717) is 19.0 Å². The van der Waals surface area contributed by atoms with Crippen LogP contribution in [0.1, 0.15) is 5.89 Å². The van der Waals surface area contributed by atoms with Gasteiger partial charge in [-0.05, 0) is 0 Å². The topological polar surface area (TPSA) is 107 Å². The van der Waals surface area contributed by atoms with E-state index >= 15 is 0 Å². The van der Waals surface area contributed by atoms with Crippen LogP contribution in [0.5, 0.6) is 0 Å². The Bertz CT molecular complexity index is 489. The van der Waals surface area contributed by atoms with Gasteiger partial charge in [0.05, 0.1) is 26.9 Å². The van der Waals surface area contributed by atoms with Gasteiger partial charge in [0.25, 0.3) is 0 Å². The minimum absolute atomic E-state index is 0.0184. The highest BCUT2D eigenvalue weighted by molar-refractivity contribution is 5.90. The van der Waals surface area contributed by atoms with Crippen molar-refractivity contribution in [2.75, 3.05) is 38.7 Å². The lowest BCUT2D eigenvalue weighted by Crippen LogP contribution is -2.52. The molecule has 1 aromatic heterocycles. The van der Waals surface area contributed by atoms with Gasteiger partial charge in [-0.2, -0.15) is 0 Å². The third-order valence-electron chi connectivity index (χ3n) is 2.83. The normalized spacial score (nSPS) is 19.6. The summed E-state index contributed by atoms with van der Waals surface area (Å²) in [5.74, 6) is -0.408. The van der Waals surface area contributed by atoms with Gasteiger partial charge in [-0.3, -0.25) is 19.8 Å². The first-order valence-electron chi connectivity index (χ1n) is 6.09. The molecule has 0 aliphatic carbocycles. The van der Waals surface area contributed by atoms with Gasteiger partial charge in [-0.25, -0.2) is 0 Å². The molecule has 2 heterocycles. The van der Waals surface area contributed by atoms with E-state index in [4.69, 9.17) is 9.15 Å². The Hall–Kier alpha value is -2.00. The van der Waals surface area contributed by atoms with Crippen molar-refractivity contribution in [3.63, 3.8) is 0 Å². The molecule has 0 aromatic carbocycles. The van der Waals surface area contributed by atoms with Crippen LogP contribution in [0.15, 0.2) is 4.42 Å². The number of esters is 1. The summed E-state index contributed by atoms with van der Waals surface area (Å²) >= 11 is 0. The van der Waals surface area contributed by atoms with Crippen LogP contribution in [-0.4, -0.2) is 66.4 Å². The van der Waals surface area contributed by atoms with Crippen molar-refractivity contribution in [3.8, 4) is 0 Å². The second kappa shape index (κ2) is 6.44. The number of aryl methyl sites for hydroxylation is 1. The summed E-state index contributed by atoms with van der Waals surface area (Å²) < 4.78 is 15.0. The minimum Gasteiger partial charge on any atom is -0.468 e. The van der Waals surface area contributed by atoms with E-state index < -0.39 is 12.0 Å². The van der Waals surface area contributed by atoms with Crippen LogP contribution in [0.4, 0.5) is 6.01 Å². The van der Waals surface area contributed by atoms with Crippen LogP contribution in [0.25, 0.3) is 0 Å². The number of amides is 1. The van der Waals surface area contributed by atoms with E-state index in [9.17, 15) is 9.59 Å². The van der Waals surface area contributed by atoms with E-state index in [1.54, 1.807) is 11.8 Å². The van der Waals surface area contributed by atoms with Gasteiger partial charge >= 0.3 is 12.0 Å². The van der Waals surface area contributed by atoms with E-state index in [1.165, 1.54) is 7.11 Å². The Labute approximate surface area is 115 Å². The van der Waals surface area contributed by atoms with Gasteiger partial charge in [0.1, 0.15) is 6.04 Å². The van der Waals surface area contributed by atoms with Gasteiger partial charge in [0, 0.05) is 13.5 Å². The summed E-state index contributed by atoms with van der Waals surface area (Å²) in [4.78, 5) is 25.2. The van der Waals surface area contributed by atoms with Gasteiger partial charge in [-0.15, -0.1) is 5.10 Å². The molecule has 1 fully saturated rings. The van der Waals surface area contributed by atoms with E-state index in [0.717, 1.165) is 0 Å². The molecule has 20 heavy (non-hydrogen) atoms. The van der Waals surface area contributed by atoms with Gasteiger partial charge in [-0.1, -0.05) is 5.10 Å². The average Bonchev–Trinajstić information content (AvgIpc) is 2.83. The highest BCUT2D eigenvalue weighted by Gasteiger charge is 2.31. The van der Waals surface area contributed by atoms with Gasteiger partial charge in [0.15, 0.2) is 0 Å². The summed E-state index contributed by atoms with van der Waals surface area (Å²) in [7, 11) is 1.30. The Morgan fingerprint density at radius 1 is 1.50 bits per heavy atom. The molecule has 0 saturated carbocycles. The number of aromatic nitrogens is 2. The number of nitrogens with one attached hydrogen (secondary N) is 1. The number of rotatable bonds is 4. The summed E-state index contributed by atoms with van der Waals surface area (Å²) in [6.45, 7) is 2.78. The molecule has 1 aliphatic rings. The summed E-state index contributed by atoms with van der Waals surface area (Å²) in [5.41, 5.74) is 0. The van der Waals surface area contributed by atoms with Crippen LogP contribution in [0.2, 0.25) is 0 Å². The SMILES string of the molecule is COC(=O)C1COCCN1CC(=O)Nc1nnc(C)o1. The van der Waals surface area contributed by atoms with Crippen molar-refractivity contribution in [2.45, 2.75) is 13.0 Å². The first kappa shape index (κ1) is 14.4. The molecule has 1 N–H and O–H groups in total. The van der Waals surface area contributed by atoms with Crippen LogP contribution < -0.4 is 5.32 Å². The lowest BCUT2D eigenvalue weighted by molar-refractivity contribution is -0.153. The zero-order chi connectivity index (χ0) is 14.5. The molecule has 1 aromatic rings. The number of morpholine rings is 1. The number of nitrogens with zero attached hydrogens (tertiary/aromatic N) is 3. The molecule has 110 valence electrons. The molecule has 1 amide bonds. The number of methoxy groups -OCH3 is 1. The first-order chi connectivity index (χ1) is 9.60. The van der Waals surface area contributed by atoms with Crippen LogP contribution in [0, 0.1) is 6.92 Å². The molecule has 2 rings (SSSR count). The fourth-order valence-electron chi connectivity index (χ4n) is 1.87. The van der Waals surface area contributed by atoms with Crippen LogP contribution in [-0.2, 0) is 19.1 Å². The number of ether oxygens (including phenoxy) is 2. The summed E-state index contributed by atoms with van der Waals surface area (Å²) in [5, 5.41) is 9.74. The van der Waals surface area contributed by atoms with Crippen LogP contribution >= 0.6 is 0 Å². The smallest absolute Gasteiger partial charge is 0.325 e. The fraction of sp³-hybridized carbons (Fsp3) is 0.636. The number of carbonyl (C=O) groups is 2. The number of anilines is 1. The molecule has 1 saturated heterocycles. The zero-order valence-electron chi connectivity index (χ0n) is 11.3. The van der Waals surface area contributed by atoms with E-state index in [-0.39, 0.29) is 25.1 Å². The first-order valence-corrected chi connectivity index (χ1v) is 6.09. The molecule has 9 nitrogen and oxygen atoms in total. The monoisotopic (exact) mass is 284 g/mol. The highest BCUT2D eigenvalue weighted by atomic mass is 16.5. The lowest BCUT2D eigenvalue weighted by atomic mass is 10.2. The maximum atomic E-state index is 11.9. The van der Waals surface area contributed by atoms with E-state index in [2.05, 4.69) is 20.3 Å².